The van der Waals surface area contributed by atoms with Crippen molar-refractivity contribution in [3.8, 4) is 0 Å². The summed E-state index contributed by atoms with van der Waals surface area (Å²) in [7, 11) is 0. The summed E-state index contributed by atoms with van der Waals surface area (Å²) in [4.78, 5) is 18.7. The van der Waals surface area contributed by atoms with Gasteiger partial charge in [0.1, 0.15) is 5.82 Å². The number of benzene rings is 2. The van der Waals surface area contributed by atoms with Gasteiger partial charge in [-0.3, -0.25) is 10.0 Å². The van der Waals surface area contributed by atoms with Gasteiger partial charge in [-0.15, -0.1) is 0 Å². The summed E-state index contributed by atoms with van der Waals surface area (Å²) in [5.74, 6) is -2.15. The molecule has 1 aromatic heterocycles. The highest BCUT2D eigenvalue weighted by molar-refractivity contribution is 5.88. The molecule has 3 aromatic rings. The Bertz CT molecular complexity index is 1170. The number of hydrogen-bond acceptors (Lipinski definition) is 3. The molecule has 1 fully saturated rings. The molecule has 0 aliphatic heterocycles. The van der Waals surface area contributed by atoms with Gasteiger partial charge in [-0.25, -0.2) is 14.9 Å². The Hall–Kier alpha value is -2.94. The van der Waals surface area contributed by atoms with Gasteiger partial charge in [0, 0.05) is 0 Å². The third-order valence-electron chi connectivity index (χ3n) is 6.56. The van der Waals surface area contributed by atoms with E-state index in [2.05, 4.69) is 9.97 Å². The molecule has 4 rings (SSSR count). The average molecular weight is 435 g/mol. The Labute approximate surface area is 175 Å². The van der Waals surface area contributed by atoms with Gasteiger partial charge in [0.15, 0.2) is 0 Å². The molecule has 2 aromatic carbocycles. The fraction of sp³-hybridized carbons (Fsp3) is 0.364. The first-order valence-corrected chi connectivity index (χ1v) is 9.78. The molecular weight excluding hydrogens is 414 g/mol. The summed E-state index contributed by atoms with van der Waals surface area (Å²) in [5.41, 5.74) is 1.96. The number of nitrogens with one attached hydrogen (secondary N) is 2. The largest absolute Gasteiger partial charge is 0.449 e. The molecule has 1 saturated carbocycles. The Balaban J connectivity index is 1.78. The molecule has 0 spiro atoms. The van der Waals surface area contributed by atoms with Crippen LogP contribution in [0.3, 0.4) is 0 Å². The Kier molecular flexibility index (Phi) is 4.84. The van der Waals surface area contributed by atoms with E-state index < -0.39 is 34.6 Å². The van der Waals surface area contributed by atoms with Crippen LogP contribution in [-0.2, 0) is 21.8 Å². The van der Waals surface area contributed by atoms with Crippen LogP contribution in [0.25, 0.3) is 11.0 Å². The van der Waals surface area contributed by atoms with E-state index in [0.29, 0.717) is 24.0 Å². The third kappa shape index (κ3) is 3.37. The van der Waals surface area contributed by atoms with Crippen LogP contribution in [-0.4, -0.2) is 21.1 Å². The quantitative estimate of drug-likeness (QED) is 0.311. The number of amides is 1. The summed E-state index contributed by atoms with van der Waals surface area (Å²) >= 11 is 0. The van der Waals surface area contributed by atoms with Gasteiger partial charge in [0.25, 0.3) is 5.91 Å². The molecule has 1 amide bonds. The summed E-state index contributed by atoms with van der Waals surface area (Å²) < 4.78 is 53.3. The van der Waals surface area contributed by atoms with Gasteiger partial charge in [0.2, 0.25) is 5.82 Å². The summed E-state index contributed by atoms with van der Waals surface area (Å²) in [5, 5.41) is 9.43. The highest BCUT2D eigenvalue weighted by Gasteiger charge is 2.53. The van der Waals surface area contributed by atoms with Crippen molar-refractivity contribution in [1.82, 2.24) is 15.4 Å². The first kappa shape index (κ1) is 21.3. The number of hydroxylamine groups is 1. The smallest absolute Gasteiger partial charge is 0.334 e. The molecule has 1 aliphatic rings. The minimum Gasteiger partial charge on any atom is -0.334 e. The molecule has 1 heterocycles. The summed E-state index contributed by atoms with van der Waals surface area (Å²) in [6.07, 6.45) is -3.47. The first-order chi connectivity index (χ1) is 14.5. The Morgan fingerprint density at radius 1 is 1.23 bits per heavy atom. The zero-order chi connectivity index (χ0) is 22.6. The van der Waals surface area contributed by atoms with Crippen LogP contribution in [0.1, 0.15) is 48.7 Å². The minimum absolute atomic E-state index is 0.193. The fourth-order valence-corrected chi connectivity index (χ4v) is 4.88. The van der Waals surface area contributed by atoms with Crippen molar-refractivity contribution in [2.75, 3.05) is 0 Å². The monoisotopic (exact) mass is 435 g/mol. The molecule has 9 heteroatoms. The Morgan fingerprint density at radius 3 is 2.65 bits per heavy atom. The molecule has 0 bridgehead atoms. The second kappa shape index (κ2) is 7.05. The minimum atomic E-state index is -4.58. The third-order valence-corrected chi connectivity index (χ3v) is 6.56. The van der Waals surface area contributed by atoms with Crippen LogP contribution in [0.2, 0.25) is 0 Å². The molecule has 1 aliphatic carbocycles. The lowest BCUT2D eigenvalue weighted by molar-refractivity contribution is -0.144. The van der Waals surface area contributed by atoms with Crippen molar-refractivity contribution < 1.29 is 27.6 Å². The molecule has 2 atom stereocenters. The van der Waals surface area contributed by atoms with Gasteiger partial charge in [0.05, 0.1) is 16.4 Å². The number of nitrogens with zero attached hydrogens (tertiary/aromatic N) is 1. The van der Waals surface area contributed by atoms with Gasteiger partial charge in [-0.2, -0.15) is 13.2 Å². The molecule has 0 unspecified atom stereocenters. The zero-order valence-electron chi connectivity index (χ0n) is 16.9. The van der Waals surface area contributed by atoms with E-state index in [4.69, 9.17) is 0 Å². The molecule has 5 nitrogen and oxygen atoms in total. The zero-order valence-corrected chi connectivity index (χ0v) is 16.9. The maximum absolute atomic E-state index is 14.3. The highest BCUT2D eigenvalue weighted by Crippen LogP contribution is 2.53. The first-order valence-electron chi connectivity index (χ1n) is 9.78. The predicted molar refractivity (Wildman–Crippen MR) is 105 cm³/mol. The van der Waals surface area contributed by atoms with Crippen LogP contribution in [0.15, 0.2) is 36.4 Å². The number of carbonyl (C=O) groups is 1. The lowest BCUT2D eigenvalue weighted by Gasteiger charge is -2.32. The summed E-state index contributed by atoms with van der Waals surface area (Å²) in [6, 6.07) is 9.34. The number of imidazole rings is 1. The number of H-pyrrole nitrogens is 1. The van der Waals surface area contributed by atoms with Crippen molar-refractivity contribution in [2.24, 2.45) is 0 Å². The number of aromatic nitrogens is 2. The molecular formula is C22H21F4N3O2. The molecule has 164 valence electrons. The SMILES string of the molecule is Cc1c(F)cccc1[C@]1(C(=O)NO)CC[C@@](C)(c2ccc3nc(C(F)(F)F)[nH]c3c2)C1. The molecule has 0 saturated heterocycles. The van der Waals surface area contributed by atoms with Crippen LogP contribution in [0.5, 0.6) is 0 Å². The van der Waals surface area contributed by atoms with Crippen LogP contribution in [0, 0.1) is 12.7 Å². The Morgan fingerprint density at radius 2 is 1.97 bits per heavy atom. The number of aromatic amines is 1. The van der Waals surface area contributed by atoms with Gasteiger partial charge >= 0.3 is 6.18 Å². The lowest BCUT2D eigenvalue weighted by atomic mass is 9.71. The second-order valence-electron chi connectivity index (χ2n) is 8.49. The molecule has 0 radical (unpaired) electrons. The normalized spacial score (nSPS) is 24.0. The van der Waals surface area contributed by atoms with E-state index in [1.807, 2.05) is 6.92 Å². The summed E-state index contributed by atoms with van der Waals surface area (Å²) in [6.45, 7) is 3.50. The molecule has 3 N–H and O–H groups in total. The van der Waals surface area contributed by atoms with Crippen molar-refractivity contribution >= 4 is 16.9 Å². The average Bonchev–Trinajstić information content (AvgIpc) is 3.32. The maximum atomic E-state index is 14.3. The van der Waals surface area contributed by atoms with E-state index in [-0.39, 0.29) is 17.5 Å². The number of halogens is 4. The van der Waals surface area contributed by atoms with E-state index in [1.54, 1.807) is 30.6 Å². The topological polar surface area (TPSA) is 78.0 Å². The van der Waals surface area contributed by atoms with Crippen LogP contribution in [0.4, 0.5) is 17.6 Å². The predicted octanol–water partition coefficient (Wildman–Crippen LogP) is 4.91. The molecule has 31 heavy (non-hydrogen) atoms. The fourth-order valence-electron chi connectivity index (χ4n) is 4.88. The maximum Gasteiger partial charge on any atom is 0.449 e. The van der Waals surface area contributed by atoms with Gasteiger partial charge in [-0.1, -0.05) is 25.1 Å². The van der Waals surface area contributed by atoms with Crippen molar-refractivity contribution in [3.05, 3.63) is 64.7 Å². The van der Waals surface area contributed by atoms with Crippen molar-refractivity contribution in [3.63, 3.8) is 0 Å². The van der Waals surface area contributed by atoms with Gasteiger partial charge in [-0.05, 0) is 66.5 Å². The number of hydrogen-bond donors (Lipinski definition) is 3. The number of fused-ring (bicyclic) bond motifs is 1. The number of rotatable bonds is 3. The van der Waals surface area contributed by atoms with Crippen LogP contribution < -0.4 is 5.48 Å². The van der Waals surface area contributed by atoms with E-state index in [1.165, 1.54) is 18.2 Å². The van der Waals surface area contributed by atoms with E-state index in [0.717, 1.165) is 5.56 Å². The number of alkyl halides is 3. The van der Waals surface area contributed by atoms with E-state index in [9.17, 15) is 27.6 Å². The van der Waals surface area contributed by atoms with E-state index >= 15 is 0 Å². The van der Waals surface area contributed by atoms with Crippen molar-refractivity contribution in [2.45, 2.75) is 50.1 Å². The highest BCUT2D eigenvalue weighted by atomic mass is 19.4. The lowest BCUT2D eigenvalue weighted by Crippen LogP contribution is -2.43. The van der Waals surface area contributed by atoms with Crippen molar-refractivity contribution in [1.29, 1.82) is 0 Å². The second-order valence-corrected chi connectivity index (χ2v) is 8.49. The standard InChI is InChI=1S/C22H21F4N3O2/c1-12-14(4-3-5-15(12)23)21(19(30)29-31)9-8-20(2,11-21)13-6-7-16-17(10-13)28-18(27-16)22(24,25)26/h3-7,10,31H,8-9,11H2,1-2H3,(H,27,28)(H,29,30)/t20-,21+/m1/s1. The number of carbonyl (C=O) groups excluding carboxylic acids is 1. The van der Waals surface area contributed by atoms with Gasteiger partial charge < -0.3 is 4.98 Å². The van der Waals surface area contributed by atoms with Crippen LogP contribution >= 0.6 is 0 Å².